The molecule has 0 spiro atoms. The van der Waals surface area contributed by atoms with Crippen molar-refractivity contribution in [3.05, 3.63) is 34.3 Å². The van der Waals surface area contributed by atoms with Crippen LogP contribution in [0.5, 0.6) is 0 Å². The topological polar surface area (TPSA) is 88.8 Å². The Balaban J connectivity index is 1.40. The van der Waals surface area contributed by atoms with Gasteiger partial charge in [0.2, 0.25) is 5.91 Å². The number of hydrogen-bond acceptors (Lipinski definition) is 4. The number of nitrogens with one attached hydrogen (secondary N) is 1. The van der Waals surface area contributed by atoms with Gasteiger partial charge in [0.1, 0.15) is 6.54 Å². The van der Waals surface area contributed by atoms with E-state index in [2.05, 4.69) is 15.3 Å². The highest BCUT2D eigenvalue weighted by Gasteiger charge is 2.47. The number of likely N-dealkylation sites (tertiary alicyclic amines) is 1. The van der Waals surface area contributed by atoms with E-state index in [9.17, 15) is 9.59 Å². The molecular weight excluding hydrogens is 344 g/mol. The SMILES string of the molecule is CCn1c(C2C(C3CC3)CCN2C(=O)Cn2cc(C3CC3)cn2)n[nH]c1=O. The maximum absolute atomic E-state index is 13.1. The summed E-state index contributed by atoms with van der Waals surface area (Å²) in [7, 11) is 0. The molecule has 3 aliphatic rings. The number of aromatic nitrogens is 5. The first kappa shape index (κ1) is 16.8. The van der Waals surface area contributed by atoms with Crippen LogP contribution in [0.2, 0.25) is 0 Å². The summed E-state index contributed by atoms with van der Waals surface area (Å²) in [5, 5.41) is 11.3. The molecule has 5 rings (SSSR count). The van der Waals surface area contributed by atoms with Crippen LogP contribution in [0.25, 0.3) is 0 Å². The average molecular weight is 370 g/mol. The molecule has 8 nitrogen and oxygen atoms in total. The fourth-order valence-electron chi connectivity index (χ4n) is 4.63. The Morgan fingerprint density at radius 1 is 1.26 bits per heavy atom. The highest BCUT2D eigenvalue weighted by molar-refractivity contribution is 5.76. The normalized spacial score (nSPS) is 25.3. The number of nitrogens with zero attached hydrogens (tertiary/aromatic N) is 5. The number of carbonyl (C=O) groups excluding carboxylic acids is 1. The molecule has 0 bridgehead atoms. The Labute approximate surface area is 157 Å². The van der Waals surface area contributed by atoms with Crippen LogP contribution >= 0.6 is 0 Å². The lowest BCUT2D eigenvalue weighted by atomic mass is 9.94. The lowest BCUT2D eigenvalue weighted by Crippen LogP contribution is -2.37. The summed E-state index contributed by atoms with van der Waals surface area (Å²) in [4.78, 5) is 27.1. The Bertz CT molecular complexity index is 903. The maximum Gasteiger partial charge on any atom is 0.343 e. The smallest absolute Gasteiger partial charge is 0.331 e. The van der Waals surface area contributed by atoms with E-state index in [1.165, 1.54) is 31.2 Å². The summed E-state index contributed by atoms with van der Waals surface area (Å²) in [5.41, 5.74) is 1.05. The molecule has 27 heavy (non-hydrogen) atoms. The Morgan fingerprint density at radius 3 is 2.78 bits per heavy atom. The zero-order chi connectivity index (χ0) is 18.5. The molecule has 2 aromatic rings. The van der Waals surface area contributed by atoms with Crippen molar-refractivity contribution in [2.45, 2.75) is 64.1 Å². The van der Waals surface area contributed by atoms with Gasteiger partial charge < -0.3 is 4.90 Å². The van der Waals surface area contributed by atoms with E-state index >= 15 is 0 Å². The van der Waals surface area contributed by atoms with Crippen molar-refractivity contribution in [1.29, 1.82) is 0 Å². The molecule has 2 aromatic heterocycles. The van der Waals surface area contributed by atoms with E-state index in [1.807, 2.05) is 24.2 Å². The number of aromatic amines is 1. The monoisotopic (exact) mass is 370 g/mol. The van der Waals surface area contributed by atoms with Gasteiger partial charge in [-0.1, -0.05) is 0 Å². The standard InChI is InChI=1S/C19H26N6O2/c1-2-24-18(21-22-19(24)27)17-15(13-5-6-13)7-8-25(17)16(26)11-23-10-14(9-20-23)12-3-4-12/h9-10,12-13,15,17H,2-8,11H2,1H3,(H,22,27). The molecule has 2 atom stereocenters. The summed E-state index contributed by atoms with van der Waals surface area (Å²) < 4.78 is 3.43. The second-order valence-corrected chi connectivity index (χ2v) is 8.20. The van der Waals surface area contributed by atoms with Crippen LogP contribution in [-0.2, 0) is 17.9 Å². The zero-order valence-electron chi connectivity index (χ0n) is 15.7. The third-order valence-corrected chi connectivity index (χ3v) is 6.36. The summed E-state index contributed by atoms with van der Waals surface area (Å²) >= 11 is 0. The van der Waals surface area contributed by atoms with Gasteiger partial charge in [-0.25, -0.2) is 9.89 Å². The van der Waals surface area contributed by atoms with Gasteiger partial charge in [-0.05, 0) is 62.3 Å². The van der Waals surface area contributed by atoms with Gasteiger partial charge in [0.15, 0.2) is 5.82 Å². The van der Waals surface area contributed by atoms with E-state index < -0.39 is 0 Å². The predicted molar refractivity (Wildman–Crippen MR) is 98.0 cm³/mol. The molecule has 8 heteroatoms. The van der Waals surface area contributed by atoms with E-state index in [-0.39, 0.29) is 24.2 Å². The molecule has 0 radical (unpaired) electrons. The molecule has 1 amide bonds. The van der Waals surface area contributed by atoms with E-state index in [0.717, 1.165) is 13.0 Å². The highest BCUT2D eigenvalue weighted by atomic mass is 16.2. The second-order valence-electron chi connectivity index (χ2n) is 8.20. The molecule has 1 aliphatic heterocycles. The summed E-state index contributed by atoms with van der Waals surface area (Å²) in [6.07, 6.45) is 9.77. The van der Waals surface area contributed by atoms with Gasteiger partial charge in [-0.3, -0.25) is 14.0 Å². The quantitative estimate of drug-likeness (QED) is 0.838. The maximum atomic E-state index is 13.1. The molecule has 2 saturated carbocycles. The van der Waals surface area contributed by atoms with Crippen LogP contribution < -0.4 is 5.69 Å². The first-order chi connectivity index (χ1) is 13.2. The van der Waals surface area contributed by atoms with Crippen molar-refractivity contribution >= 4 is 5.91 Å². The fraction of sp³-hybridized carbons (Fsp3) is 0.684. The summed E-state index contributed by atoms with van der Waals surface area (Å²) in [6.45, 7) is 3.48. The number of hydrogen-bond donors (Lipinski definition) is 1. The molecule has 3 fully saturated rings. The number of H-pyrrole nitrogens is 1. The van der Waals surface area contributed by atoms with Crippen LogP contribution in [0, 0.1) is 11.8 Å². The van der Waals surface area contributed by atoms with Crippen molar-refractivity contribution in [2.24, 2.45) is 11.8 Å². The Morgan fingerprint density at radius 2 is 2.07 bits per heavy atom. The van der Waals surface area contributed by atoms with Crippen LogP contribution in [-0.4, -0.2) is 41.9 Å². The van der Waals surface area contributed by atoms with Crippen LogP contribution in [0.3, 0.4) is 0 Å². The molecule has 0 aromatic carbocycles. The molecule has 3 heterocycles. The summed E-state index contributed by atoms with van der Waals surface area (Å²) in [5.74, 6) is 2.46. The minimum atomic E-state index is -0.192. The minimum absolute atomic E-state index is 0.0618. The third kappa shape index (κ3) is 3.00. The predicted octanol–water partition coefficient (Wildman–Crippen LogP) is 1.66. The second kappa shape index (κ2) is 6.35. The largest absolute Gasteiger partial charge is 0.343 e. The highest BCUT2D eigenvalue weighted by Crippen LogP contribution is 2.50. The van der Waals surface area contributed by atoms with E-state index in [0.29, 0.717) is 30.1 Å². The molecule has 1 saturated heterocycles. The van der Waals surface area contributed by atoms with Gasteiger partial charge in [0, 0.05) is 19.3 Å². The van der Waals surface area contributed by atoms with Gasteiger partial charge >= 0.3 is 5.69 Å². The zero-order valence-corrected chi connectivity index (χ0v) is 15.7. The molecule has 2 unspecified atom stereocenters. The minimum Gasteiger partial charge on any atom is -0.331 e. The molecule has 2 aliphatic carbocycles. The third-order valence-electron chi connectivity index (χ3n) is 6.36. The average Bonchev–Trinajstić information content (AvgIpc) is 3.57. The number of amides is 1. The first-order valence-corrected chi connectivity index (χ1v) is 10.1. The first-order valence-electron chi connectivity index (χ1n) is 10.1. The van der Waals surface area contributed by atoms with E-state index in [1.54, 1.807) is 9.25 Å². The van der Waals surface area contributed by atoms with Gasteiger partial charge in [0.25, 0.3) is 0 Å². The lowest BCUT2D eigenvalue weighted by molar-refractivity contribution is -0.133. The Kier molecular flexibility index (Phi) is 3.94. The van der Waals surface area contributed by atoms with Gasteiger partial charge in [-0.2, -0.15) is 10.2 Å². The fourth-order valence-corrected chi connectivity index (χ4v) is 4.63. The van der Waals surface area contributed by atoms with Crippen molar-refractivity contribution in [3.8, 4) is 0 Å². The van der Waals surface area contributed by atoms with Crippen molar-refractivity contribution < 1.29 is 4.79 Å². The van der Waals surface area contributed by atoms with Crippen LogP contribution in [0.4, 0.5) is 0 Å². The van der Waals surface area contributed by atoms with E-state index in [4.69, 9.17) is 0 Å². The van der Waals surface area contributed by atoms with Gasteiger partial charge in [-0.15, -0.1) is 0 Å². The van der Waals surface area contributed by atoms with Crippen molar-refractivity contribution in [3.63, 3.8) is 0 Å². The van der Waals surface area contributed by atoms with Crippen molar-refractivity contribution in [2.75, 3.05) is 6.54 Å². The molecule has 1 N–H and O–H groups in total. The molecular formula is C19H26N6O2. The van der Waals surface area contributed by atoms with Crippen LogP contribution in [0.1, 0.15) is 62.4 Å². The number of carbonyl (C=O) groups is 1. The Hall–Kier alpha value is -2.38. The van der Waals surface area contributed by atoms with Crippen LogP contribution in [0.15, 0.2) is 17.2 Å². The lowest BCUT2D eigenvalue weighted by Gasteiger charge is -2.27. The molecule has 144 valence electrons. The van der Waals surface area contributed by atoms with Gasteiger partial charge in [0.05, 0.1) is 12.2 Å². The summed E-state index contributed by atoms with van der Waals surface area (Å²) in [6, 6.07) is -0.109. The number of rotatable bonds is 6. The van der Waals surface area contributed by atoms with Crippen molar-refractivity contribution in [1.82, 2.24) is 29.4 Å².